The molecule has 0 aliphatic rings. The van der Waals surface area contributed by atoms with Gasteiger partial charge in [-0.05, 0) is 23.8 Å². The molecular weight excluding hydrogens is 330 g/mol. The molecule has 1 N–H and O–H groups in total. The summed E-state index contributed by atoms with van der Waals surface area (Å²) in [5.74, 6) is 0.558. The van der Waals surface area contributed by atoms with Gasteiger partial charge >= 0.3 is 0 Å². The summed E-state index contributed by atoms with van der Waals surface area (Å²) < 4.78 is 6.89. The smallest absolute Gasteiger partial charge is 0.258 e. The normalized spacial score (nSPS) is 10.4. The number of carbonyl (C=O) groups is 1. The predicted octanol–water partition coefficient (Wildman–Crippen LogP) is 2.01. The summed E-state index contributed by atoms with van der Waals surface area (Å²) in [5, 5.41) is 15.3. The molecule has 0 atom stereocenters. The van der Waals surface area contributed by atoms with Gasteiger partial charge in [0, 0.05) is 30.0 Å². The van der Waals surface area contributed by atoms with Gasteiger partial charge in [-0.1, -0.05) is 29.8 Å². The van der Waals surface area contributed by atoms with Crippen molar-refractivity contribution in [1.82, 2.24) is 25.3 Å². The van der Waals surface area contributed by atoms with E-state index in [2.05, 4.69) is 20.6 Å². The summed E-state index contributed by atoms with van der Waals surface area (Å²) in [4.78, 5) is 11.8. The maximum absolute atomic E-state index is 11.8. The Hall–Kier alpha value is -2.93. The third-order valence-corrected chi connectivity index (χ3v) is 3.52. The second kappa shape index (κ2) is 7.56. The quantitative estimate of drug-likeness (QED) is 0.740. The average Bonchev–Trinajstić information content (AvgIpc) is 3.14. The summed E-state index contributed by atoms with van der Waals surface area (Å²) in [6.45, 7) is 0.187. The number of carbonyl (C=O) groups excluding carboxylic acids is 1. The van der Waals surface area contributed by atoms with E-state index in [0.29, 0.717) is 17.4 Å². The topological polar surface area (TPSA) is 81.9 Å². The van der Waals surface area contributed by atoms with Crippen molar-refractivity contribution < 1.29 is 9.53 Å². The number of rotatable bonds is 6. The minimum atomic E-state index is -0.270. The van der Waals surface area contributed by atoms with E-state index < -0.39 is 0 Å². The fraction of sp³-hybridized carbons (Fsp3) is 0.125. The van der Waals surface area contributed by atoms with Gasteiger partial charge in [0.1, 0.15) is 0 Å². The fourth-order valence-corrected chi connectivity index (χ4v) is 2.15. The van der Waals surface area contributed by atoms with Gasteiger partial charge < -0.3 is 10.1 Å². The minimum absolute atomic E-state index is 0.153. The van der Waals surface area contributed by atoms with E-state index in [-0.39, 0.29) is 18.4 Å². The molecule has 2 aromatic heterocycles. The minimum Gasteiger partial charge on any atom is -0.466 e. The van der Waals surface area contributed by atoms with Crippen molar-refractivity contribution in [2.24, 2.45) is 0 Å². The highest BCUT2D eigenvalue weighted by Crippen LogP contribution is 2.14. The lowest BCUT2D eigenvalue weighted by Gasteiger charge is -2.08. The third-order valence-electron chi connectivity index (χ3n) is 3.15. The maximum Gasteiger partial charge on any atom is 0.258 e. The summed E-state index contributed by atoms with van der Waals surface area (Å²) in [5.41, 5.74) is 0.843. The first kappa shape index (κ1) is 15.9. The maximum atomic E-state index is 11.8. The van der Waals surface area contributed by atoms with E-state index >= 15 is 0 Å². The van der Waals surface area contributed by atoms with Crippen LogP contribution < -0.4 is 10.1 Å². The molecule has 8 heteroatoms. The Labute approximate surface area is 143 Å². The van der Waals surface area contributed by atoms with Crippen LogP contribution in [0.25, 0.3) is 5.82 Å². The van der Waals surface area contributed by atoms with Crippen LogP contribution in [0.4, 0.5) is 0 Å². The highest BCUT2D eigenvalue weighted by Gasteiger charge is 2.06. The van der Waals surface area contributed by atoms with Crippen LogP contribution >= 0.6 is 11.6 Å². The molecule has 7 nitrogen and oxygen atoms in total. The van der Waals surface area contributed by atoms with E-state index in [1.165, 1.54) is 0 Å². The Morgan fingerprint density at radius 1 is 1.17 bits per heavy atom. The molecule has 3 rings (SSSR count). The summed E-state index contributed by atoms with van der Waals surface area (Å²) in [7, 11) is 0. The fourth-order valence-electron chi connectivity index (χ4n) is 1.94. The molecule has 0 bridgehead atoms. The van der Waals surface area contributed by atoms with Crippen molar-refractivity contribution in [3.8, 4) is 11.7 Å². The zero-order chi connectivity index (χ0) is 16.8. The van der Waals surface area contributed by atoms with Gasteiger partial charge in [-0.3, -0.25) is 4.79 Å². The summed E-state index contributed by atoms with van der Waals surface area (Å²) >= 11 is 6.03. The first-order valence-corrected chi connectivity index (χ1v) is 7.57. The molecule has 0 radical (unpaired) electrons. The number of benzene rings is 1. The predicted molar refractivity (Wildman–Crippen MR) is 87.9 cm³/mol. The second-order valence-electron chi connectivity index (χ2n) is 4.84. The lowest BCUT2D eigenvalue weighted by molar-refractivity contribution is -0.123. The Balaban J connectivity index is 1.48. The summed E-state index contributed by atoms with van der Waals surface area (Å²) in [6, 6.07) is 12.4. The molecule has 0 fully saturated rings. The molecule has 3 aromatic rings. The molecule has 24 heavy (non-hydrogen) atoms. The Kier molecular flexibility index (Phi) is 5.02. The number of nitrogens with zero attached hydrogens (tertiary/aromatic N) is 4. The van der Waals surface area contributed by atoms with Crippen LogP contribution in [0.5, 0.6) is 5.88 Å². The molecule has 1 aromatic carbocycles. The van der Waals surface area contributed by atoms with E-state index in [9.17, 15) is 4.79 Å². The zero-order valence-electron chi connectivity index (χ0n) is 12.6. The molecule has 0 saturated heterocycles. The Morgan fingerprint density at radius 2 is 2.04 bits per heavy atom. The summed E-state index contributed by atoms with van der Waals surface area (Å²) in [6.07, 6.45) is 3.40. The Morgan fingerprint density at radius 3 is 2.75 bits per heavy atom. The highest BCUT2D eigenvalue weighted by molar-refractivity contribution is 6.31. The van der Waals surface area contributed by atoms with E-state index in [0.717, 1.165) is 5.56 Å². The molecule has 0 saturated carbocycles. The molecule has 0 spiro atoms. The monoisotopic (exact) mass is 343 g/mol. The van der Waals surface area contributed by atoms with Crippen molar-refractivity contribution in [2.45, 2.75) is 6.54 Å². The van der Waals surface area contributed by atoms with Crippen LogP contribution in [0.3, 0.4) is 0 Å². The van der Waals surface area contributed by atoms with Gasteiger partial charge in [0.2, 0.25) is 5.88 Å². The van der Waals surface area contributed by atoms with Crippen LogP contribution in [0.1, 0.15) is 5.56 Å². The highest BCUT2D eigenvalue weighted by atomic mass is 35.5. The van der Waals surface area contributed by atoms with Crippen molar-refractivity contribution in [2.75, 3.05) is 6.61 Å². The lowest BCUT2D eigenvalue weighted by Crippen LogP contribution is -2.28. The van der Waals surface area contributed by atoms with Gasteiger partial charge in [0.25, 0.3) is 5.91 Å². The van der Waals surface area contributed by atoms with Gasteiger partial charge in [0.15, 0.2) is 12.4 Å². The molecule has 0 aliphatic heterocycles. The zero-order valence-corrected chi connectivity index (χ0v) is 13.3. The van der Waals surface area contributed by atoms with Crippen LogP contribution in [0, 0.1) is 0 Å². The number of aromatic nitrogens is 4. The molecule has 2 heterocycles. The van der Waals surface area contributed by atoms with Crippen LogP contribution in [-0.2, 0) is 11.3 Å². The van der Waals surface area contributed by atoms with Crippen molar-refractivity contribution in [1.29, 1.82) is 0 Å². The standard InChI is InChI=1S/C16H14ClN5O2/c17-13-5-2-1-4-12(13)10-18-15(23)11-24-16-7-6-14(20-21-16)22-9-3-8-19-22/h1-9H,10-11H2,(H,18,23). The molecule has 122 valence electrons. The first-order valence-electron chi connectivity index (χ1n) is 7.19. The Bertz CT molecular complexity index is 806. The van der Waals surface area contributed by atoms with E-state index in [4.69, 9.17) is 16.3 Å². The van der Waals surface area contributed by atoms with Gasteiger partial charge in [-0.2, -0.15) is 5.10 Å². The van der Waals surface area contributed by atoms with Crippen LogP contribution in [0.15, 0.2) is 54.9 Å². The van der Waals surface area contributed by atoms with Crippen molar-refractivity contribution in [3.63, 3.8) is 0 Å². The number of amides is 1. The van der Waals surface area contributed by atoms with E-state index in [1.54, 1.807) is 41.3 Å². The average molecular weight is 344 g/mol. The van der Waals surface area contributed by atoms with Gasteiger partial charge in [-0.25, -0.2) is 4.68 Å². The van der Waals surface area contributed by atoms with Gasteiger partial charge in [0.05, 0.1) is 0 Å². The van der Waals surface area contributed by atoms with Crippen molar-refractivity contribution >= 4 is 17.5 Å². The first-order chi connectivity index (χ1) is 11.7. The van der Waals surface area contributed by atoms with Crippen LogP contribution in [0.2, 0.25) is 5.02 Å². The lowest BCUT2D eigenvalue weighted by atomic mass is 10.2. The number of nitrogens with one attached hydrogen (secondary N) is 1. The van der Waals surface area contributed by atoms with Crippen LogP contribution in [-0.4, -0.2) is 32.5 Å². The molecule has 1 amide bonds. The largest absolute Gasteiger partial charge is 0.466 e. The SMILES string of the molecule is O=C(COc1ccc(-n2cccn2)nn1)NCc1ccccc1Cl. The third kappa shape index (κ3) is 4.08. The number of hydrogen-bond donors (Lipinski definition) is 1. The van der Waals surface area contributed by atoms with Gasteiger partial charge in [-0.15, -0.1) is 10.2 Å². The van der Waals surface area contributed by atoms with Crippen molar-refractivity contribution in [3.05, 3.63) is 65.4 Å². The number of ether oxygens (including phenoxy) is 1. The second-order valence-corrected chi connectivity index (χ2v) is 5.24. The molecule has 0 aliphatic carbocycles. The number of hydrogen-bond acceptors (Lipinski definition) is 5. The number of halogens is 1. The molecular formula is C16H14ClN5O2. The molecule has 0 unspecified atom stereocenters. The van der Waals surface area contributed by atoms with E-state index in [1.807, 2.05) is 18.2 Å².